The molecule has 1 atom stereocenters. The van der Waals surface area contributed by atoms with Crippen LogP contribution < -0.4 is 10.9 Å². The van der Waals surface area contributed by atoms with Gasteiger partial charge in [-0.25, -0.2) is 4.98 Å². The fraction of sp³-hybridized carbons (Fsp3) is 0.154. The second-order valence-corrected chi connectivity index (χ2v) is 5.50. The third-order valence-corrected chi connectivity index (χ3v) is 3.76. The Hall–Kier alpha value is -2.12. The zero-order valence-corrected chi connectivity index (χ0v) is 11.3. The normalized spacial score (nSPS) is 16.9. The van der Waals surface area contributed by atoms with Gasteiger partial charge in [0.25, 0.3) is 11.5 Å². The average molecular weight is 289 g/mol. The molecule has 1 aromatic carbocycles. The summed E-state index contributed by atoms with van der Waals surface area (Å²) >= 11 is 1.28. The number of aromatic nitrogens is 2. The Kier molecular flexibility index (Phi) is 3.07. The van der Waals surface area contributed by atoms with Gasteiger partial charge in [-0.2, -0.15) is 0 Å². The Morgan fingerprint density at radius 3 is 2.85 bits per heavy atom. The number of benzene rings is 1. The number of aliphatic hydroxyl groups is 1. The largest absolute Gasteiger partial charge is 0.378 e. The number of carbonyl (C=O) groups excluding carboxylic acids is 1. The summed E-state index contributed by atoms with van der Waals surface area (Å²) in [4.78, 5) is 30.4. The summed E-state index contributed by atoms with van der Waals surface area (Å²) in [5, 5.41) is 12.7. The fourth-order valence-electron chi connectivity index (χ4n) is 2.00. The molecular formula is C13H11N3O3S. The number of carbonyl (C=O) groups is 1. The van der Waals surface area contributed by atoms with Crippen molar-refractivity contribution in [2.75, 3.05) is 5.32 Å². The van der Waals surface area contributed by atoms with Gasteiger partial charge < -0.3 is 15.4 Å². The molecule has 3 rings (SSSR count). The topological polar surface area (TPSA) is 95.1 Å². The van der Waals surface area contributed by atoms with Crippen molar-refractivity contribution in [2.24, 2.45) is 0 Å². The molecule has 0 spiro atoms. The number of anilines is 1. The zero-order chi connectivity index (χ0) is 14.3. The highest BCUT2D eigenvalue weighted by molar-refractivity contribution is 7.99. The van der Waals surface area contributed by atoms with E-state index < -0.39 is 12.0 Å². The first-order valence-electron chi connectivity index (χ1n) is 5.91. The number of aryl methyl sites for hydroxylation is 1. The summed E-state index contributed by atoms with van der Waals surface area (Å²) < 4.78 is 0. The molecule has 0 aliphatic carbocycles. The van der Waals surface area contributed by atoms with Crippen LogP contribution in [-0.2, 0) is 4.79 Å². The van der Waals surface area contributed by atoms with E-state index in [0.29, 0.717) is 22.1 Å². The molecule has 2 heterocycles. The van der Waals surface area contributed by atoms with E-state index >= 15 is 0 Å². The van der Waals surface area contributed by atoms with E-state index in [4.69, 9.17) is 0 Å². The summed E-state index contributed by atoms with van der Waals surface area (Å²) in [6, 6.07) is 6.63. The molecule has 2 aromatic rings. The summed E-state index contributed by atoms with van der Waals surface area (Å²) in [5.74, 6) is -0.427. The number of nitrogens with one attached hydrogen (secondary N) is 2. The van der Waals surface area contributed by atoms with Crippen LogP contribution in [0.3, 0.4) is 0 Å². The van der Waals surface area contributed by atoms with Crippen LogP contribution in [-0.4, -0.2) is 21.0 Å². The number of amides is 1. The van der Waals surface area contributed by atoms with Crippen LogP contribution in [0.1, 0.15) is 17.4 Å². The van der Waals surface area contributed by atoms with Gasteiger partial charge in [0.1, 0.15) is 0 Å². The first-order valence-corrected chi connectivity index (χ1v) is 6.73. The highest BCUT2D eigenvalue weighted by atomic mass is 32.2. The summed E-state index contributed by atoms with van der Waals surface area (Å²) in [5.41, 5.74) is 1.58. The lowest BCUT2D eigenvalue weighted by atomic mass is 10.1. The average Bonchev–Trinajstić information content (AvgIpc) is 2.63. The molecule has 1 unspecified atom stereocenters. The smallest absolute Gasteiger partial charge is 0.257 e. The molecule has 3 N–H and O–H groups in total. The molecule has 0 saturated heterocycles. The lowest BCUT2D eigenvalue weighted by Crippen LogP contribution is -2.10. The number of nitrogens with zero attached hydrogens (tertiary/aromatic N) is 1. The zero-order valence-electron chi connectivity index (χ0n) is 10.5. The standard InChI is InChI=1S/C13H11N3O3S/c1-6-4-10(17)16-13(14-6)20-7-2-3-8-9(5-7)15-12(19)11(8)18/h2-5,11,18H,1H3,(H,15,19)(H,14,16,17). The van der Waals surface area contributed by atoms with Crippen LogP contribution in [0.25, 0.3) is 0 Å². The number of H-pyrrole nitrogens is 1. The van der Waals surface area contributed by atoms with Gasteiger partial charge in [0.2, 0.25) is 0 Å². The van der Waals surface area contributed by atoms with Crippen molar-refractivity contribution >= 4 is 23.4 Å². The minimum atomic E-state index is -1.11. The number of rotatable bonds is 2. The molecule has 1 aromatic heterocycles. The predicted octanol–water partition coefficient (Wildman–Crippen LogP) is 1.22. The number of aromatic amines is 1. The van der Waals surface area contributed by atoms with Crippen LogP contribution in [0.5, 0.6) is 0 Å². The van der Waals surface area contributed by atoms with Crippen molar-refractivity contribution in [1.82, 2.24) is 9.97 Å². The van der Waals surface area contributed by atoms with E-state index in [0.717, 1.165) is 4.90 Å². The van der Waals surface area contributed by atoms with Crippen molar-refractivity contribution in [3.63, 3.8) is 0 Å². The van der Waals surface area contributed by atoms with Gasteiger partial charge in [-0.15, -0.1) is 0 Å². The van der Waals surface area contributed by atoms with Gasteiger partial charge in [0.05, 0.1) is 0 Å². The summed E-state index contributed by atoms with van der Waals surface area (Å²) in [7, 11) is 0. The highest BCUT2D eigenvalue weighted by Crippen LogP contribution is 2.35. The molecule has 0 saturated carbocycles. The molecule has 6 nitrogen and oxygen atoms in total. The van der Waals surface area contributed by atoms with Crippen molar-refractivity contribution in [1.29, 1.82) is 0 Å². The van der Waals surface area contributed by atoms with Crippen molar-refractivity contribution in [3.05, 3.63) is 45.9 Å². The quantitative estimate of drug-likeness (QED) is 0.722. The number of fused-ring (bicyclic) bond motifs is 1. The van der Waals surface area contributed by atoms with Gasteiger partial charge in [-0.1, -0.05) is 17.8 Å². The number of aliphatic hydroxyl groups excluding tert-OH is 1. The first kappa shape index (κ1) is 12.9. The molecule has 0 bridgehead atoms. The van der Waals surface area contributed by atoms with Gasteiger partial charge >= 0.3 is 0 Å². The number of hydrogen-bond donors (Lipinski definition) is 3. The highest BCUT2D eigenvalue weighted by Gasteiger charge is 2.28. The molecule has 7 heteroatoms. The molecule has 20 heavy (non-hydrogen) atoms. The van der Waals surface area contributed by atoms with E-state index in [2.05, 4.69) is 15.3 Å². The molecule has 1 aliphatic rings. The van der Waals surface area contributed by atoms with Gasteiger partial charge in [0.15, 0.2) is 11.3 Å². The Morgan fingerprint density at radius 1 is 1.30 bits per heavy atom. The van der Waals surface area contributed by atoms with Crippen molar-refractivity contribution < 1.29 is 9.90 Å². The molecule has 102 valence electrons. The minimum Gasteiger partial charge on any atom is -0.378 e. The fourth-order valence-corrected chi connectivity index (χ4v) is 2.88. The van der Waals surface area contributed by atoms with Gasteiger partial charge in [-0.05, 0) is 19.1 Å². The molecule has 1 aliphatic heterocycles. The Bertz CT molecular complexity index is 757. The second-order valence-electron chi connectivity index (χ2n) is 4.43. The maximum absolute atomic E-state index is 11.4. The SMILES string of the molecule is Cc1cc(=O)[nH]c(Sc2ccc3c(c2)NC(=O)C3O)n1. The van der Waals surface area contributed by atoms with Crippen molar-refractivity contribution in [3.8, 4) is 0 Å². The predicted molar refractivity (Wildman–Crippen MR) is 73.7 cm³/mol. The second kappa shape index (κ2) is 4.77. The van der Waals surface area contributed by atoms with E-state index in [1.54, 1.807) is 25.1 Å². The monoisotopic (exact) mass is 289 g/mol. The Balaban J connectivity index is 1.91. The van der Waals surface area contributed by atoms with E-state index in [9.17, 15) is 14.7 Å². The van der Waals surface area contributed by atoms with Crippen LogP contribution in [0.4, 0.5) is 5.69 Å². The minimum absolute atomic E-state index is 0.204. The molecule has 1 amide bonds. The molecule has 0 fully saturated rings. The van der Waals surface area contributed by atoms with Crippen LogP contribution >= 0.6 is 11.8 Å². The van der Waals surface area contributed by atoms with Crippen LogP contribution in [0.2, 0.25) is 0 Å². The number of hydrogen-bond acceptors (Lipinski definition) is 5. The van der Waals surface area contributed by atoms with Gasteiger partial charge in [-0.3, -0.25) is 9.59 Å². The van der Waals surface area contributed by atoms with E-state index in [1.807, 2.05) is 0 Å². The third kappa shape index (κ3) is 2.33. The third-order valence-electron chi connectivity index (χ3n) is 2.89. The molecular weight excluding hydrogens is 278 g/mol. The lowest BCUT2D eigenvalue weighted by molar-refractivity contribution is -0.123. The summed E-state index contributed by atoms with van der Waals surface area (Å²) in [6.45, 7) is 1.75. The maximum Gasteiger partial charge on any atom is 0.257 e. The first-order chi connectivity index (χ1) is 9.52. The van der Waals surface area contributed by atoms with E-state index in [1.165, 1.54) is 17.8 Å². The summed E-state index contributed by atoms with van der Waals surface area (Å²) in [6.07, 6.45) is -1.11. The van der Waals surface area contributed by atoms with Crippen LogP contribution in [0.15, 0.2) is 39.1 Å². The van der Waals surface area contributed by atoms with Crippen LogP contribution in [0, 0.1) is 6.92 Å². The van der Waals surface area contributed by atoms with Gasteiger partial charge in [0, 0.05) is 27.9 Å². The Morgan fingerprint density at radius 2 is 2.10 bits per heavy atom. The molecule has 0 radical (unpaired) electrons. The lowest BCUT2D eigenvalue weighted by Gasteiger charge is -2.05. The van der Waals surface area contributed by atoms with E-state index in [-0.39, 0.29) is 5.56 Å². The Labute approximate surface area is 118 Å². The maximum atomic E-state index is 11.4. The van der Waals surface area contributed by atoms with Crippen molar-refractivity contribution in [2.45, 2.75) is 23.1 Å².